The van der Waals surface area contributed by atoms with Crippen molar-refractivity contribution in [1.29, 1.82) is 0 Å². The summed E-state index contributed by atoms with van der Waals surface area (Å²) in [5.74, 6) is 0.424. The maximum absolute atomic E-state index is 11.8. The van der Waals surface area contributed by atoms with Crippen LogP contribution in [0.25, 0.3) is 0 Å². The van der Waals surface area contributed by atoms with Gasteiger partial charge in [0.05, 0.1) is 25.5 Å². The number of rotatable bonds is 4. The lowest BCUT2D eigenvalue weighted by Crippen LogP contribution is -2.08. The van der Waals surface area contributed by atoms with Crippen molar-refractivity contribution in [1.82, 2.24) is 4.98 Å². The lowest BCUT2D eigenvalue weighted by atomic mass is 10.0. The molecule has 0 radical (unpaired) electrons. The second-order valence-electron chi connectivity index (χ2n) is 4.53. The molecule has 0 bridgehead atoms. The van der Waals surface area contributed by atoms with E-state index in [0.717, 1.165) is 16.9 Å². The summed E-state index contributed by atoms with van der Waals surface area (Å²) < 4.78 is 10.0. The largest absolute Gasteiger partial charge is 0.497 e. The Morgan fingerprint density at radius 3 is 2.75 bits per heavy atom. The summed E-state index contributed by atoms with van der Waals surface area (Å²) in [6.07, 6.45) is 2.31. The molecule has 0 saturated heterocycles. The molecule has 0 fully saturated rings. The van der Waals surface area contributed by atoms with E-state index in [1.165, 1.54) is 7.11 Å². The lowest BCUT2D eigenvalue weighted by Gasteiger charge is -2.09. The van der Waals surface area contributed by atoms with E-state index >= 15 is 0 Å². The molecule has 0 unspecified atom stereocenters. The van der Waals surface area contributed by atoms with Crippen LogP contribution >= 0.6 is 0 Å². The van der Waals surface area contributed by atoms with Crippen LogP contribution in [-0.2, 0) is 11.2 Å². The SMILES string of the molecule is COC(=O)c1cc(C)cnc1Cc1cccc(OC)c1. The molecule has 1 heterocycles. The zero-order valence-corrected chi connectivity index (χ0v) is 11.8. The van der Waals surface area contributed by atoms with Crippen LogP contribution in [0.2, 0.25) is 0 Å². The molecular formula is C16H17NO3. The monoisotopic (exact) mass is 271 g/mol. The van der Waals surface area contributed by atoms with E-state index in [9.17, 15) is 4.79 Å². The van der Waals surface area contributed by atoms with E-state index in [0.29, 0.717) is 17.7 Å². The first kappa shape index (κ1) is 14.1. The molecule has 0 spiro atoms. The van der Waals surface area contributed by atoms with Gasteiger partial charge in [-0.2, -0.15) is 0 Å². The normalized spacial score (nSPS) is 10.2. The van der Waals surface area contributed by atoms with Gasteiger partial charge in [0.15, 0.2) is 0 Å². The van der Waals surface area contributed by atoms with Crippen molar-refractivity contribution < 1.29 is 14.3 Å². The summed E-state index contributed by atoms with van der Waals surface area (Å²) in [4.78, 5) is 16.2. The van der Waals surface area contributed by atoms with Crippen molar-refractivity contribution in [2.24, 2.45) is 0 Å². The Hall–Kier alpha value is -2.36. The molecule has 0 aliphatic heterocycles. The Balaban J connectivity index is 2.35. The summed E-state index contributed by atoms with van der Waals surface area (Å²) in [6.45, 7) is 1.90. The van der Waals surface area contributed by atoms with Gasteiger partial charge >= 0.3 is 5.97 Å². The second-order valence-corrected chi connectivity index (χ2v) is 4.53. The van der Waals surface area contributed by atoms with Crippen LogP contribution in [0.15, 0.2) is 36.5 Å². The Morgan fingerprint density at radius 2 is 2.05 bits per heavy atom. The van der Waals surface area contributed by atoms with Crippen LogP contribution in [0.1, 0.15) is 27.2 Å². The fourth-order valence-corrected chi connectivity index (χ4v) is 2.00. The minimum atomic E-state index is -0.362. The topological polar surface area (TPSA) is 48.4 Å². The number of hydrogen-bond donors (Lipinski definition) is 0. The van der Waals surface area contributed by atoms with E-state index < -0.39 is 0 Å². The standard InChI is InChI=1S/C16H17NO3/c1-11-7-14(16(18)20-3)15(17-10-11)9-12-5-4-6-13(8-12)19-2/h4-8,10H,9H2,1-3H3. The third-order valence-electron chi connectivity index (χ3n) is 3.02. The van der Waals surface area contributed by atoms with Gasteiger partial charge in [-0.15, -0.1) is 0 Å². The first-order valence-electron chi connectivity index (χ1n) is 6.31. The molecule has 0 N–H and O–H groups in total. The van der Waals surface area contributed by atoms with Crippen molar-refractivity contribution in [3.63, 3.8) is 0 Å². The van der Waals surface area contributed by atoms with Crippen LogP contribution in [-0.4, -0.2) is 25.2 Å². The zero-order valence-electron chi connectivity index (χ0n) is 11.8. The molecule has 1 aromatic heterocycles. The number of nitrogens with zero attached hydrogens (tertiary/aromatic N) is 1. The van der Waals surface area contributed by atoms with Crippen molar-refractivity contribution >= 4 is 5.97 Å². The number of aromatic nitrogens is 1. The summed E-state index contributed by atoms with van der Waals surface area (Å²) >= 11 is 0. The van der Waals surface area contributed by atoms with E-state index in [-0.39, 0.29) is 5.97 Å². The predicted molar refractivity (Wildman–Crippen MR) is 76.1 cm³/mol. The molecule has 0 amide bonds. The van der Waals surface area contributed by atoms with Gasteiger partial charge in [-0.05, 0) is 36.2 Å². The van der Waals surface area contributed by atoms with Gasteiger partial charge in [0.1, 0.15) is 5.75 Å². The van der Waals surface area contributed by atoms with Crippen LogP contribution in [0.4, 0.5) is 0 Å². The highest BCUT2D eigenvalue weighted by Gasteiger charge is 2.14. The van der Waals surface area contributed by atoms with Gasteiger partial charge in [0, 0.05) is 12.6 Å². The molecular weight excluding hydrogens is 254 g/mol. The predicted octanol–water partition coefficient (Wildman–Crippen LogP) is 2.78. The number of hydrogen-bond acceptors (Lipinski definition) is 4. The molecule has 1 aromatic carbocycles. The fourth-order valence-electron chi connectivity index (χ4n) is 2.00. The summed E-state index contributed by atoms with van der Waals surface area (Å²) in [5.41, 5.74) is 3.18. The number of esters is 1. The summed E-state index contributed by atoms with van der Waals surface area (Å²) in [5, 5.41) is 0. The molecule has 2 rings (SSSR count). The molecule has 0 aliphatic rings. The number of carbonyl (C=O) groups excluding carboxylic acids is 1. The maximum atomic E-state index is 11.8. The Kier molecular flexibility index (Phi) is 4.35. The second kappa shape index (κ2) is 6.19. The van der Waals surface area contributed by atoms with Crippen LogP contribution in [0, 0.1) is 6.92 Å². The van der Waals surface area contributed by atoms with Gasteiger partial charge in [0.2, 0.25) is 0 Å². The average Bonchev–Trinajstić information content (AvgIpc) is 2.48. The van der Waals surface area contributed by atoms with E-state index in [1.54, 1.807) is 19.4 Å². The fraction of sp³-hybridized carbons (Fsp3) is 0.250. The average molecular weight is 271 g/mol. The van der Waals surface area contributed by atoms with Crippen LogP contribution in [0.3, 0.4) is 0 Å². The zero-order chi connectivity index (χ0) is 14.5. The Morgan fingerprint density at radius 1 is 1.25 bits per heavy atom. The summed E-state index contributed by atoms with van der Waals surface area (Å²) in [6, 6.07) is 9.51. The first-order valence-corrected chi connectivity index (χ1v) is 6.31. The molecule has 20 heavy (non-hydrogen) atoms. The van der Waals surface area contributed by atoms with E-state index in [4.69, 9.17) is 9.47 Å². The van der Waals surface area contributed by atoms with Crippen molar-refractivity contribution in [3.05, 3.63) is 58.9 Å². The highest BCUT2D eigenvalue weighted by atomic mass is 16.5. The van der Waals surface area contributed by atoms with E-state index in [2.05, 4.69) is 4.98 Å². The van der Waals surface area contributed by atoms with Crippen LogP contribution < -0.4 is 4.74 Å². The number of aryl methyl sites for hydroxylation is 1. The highest BCUT2D eigenvalue weighted by molar-refractivity contribution is 5.90. The van der Waals surface area contributed by atoms with Gasteiger partial charge in [-0.1, -0.05) is 12.1 Å². The van der Waals surface area contributed by atoms with Crippen molar-refractivity contribution in [3.8, 4) is 5.75 Å². The van der Waals surface area contributed by atoms with Crippen molar-refractivity contribution in [2.75, 3.05) is 14.2 Å². The van der Waals surface area contributed by atoms with Crippen molar-refractivity contribution in [2.45, 2.75) is 13.3 Å². The van der Waals surface area contributed by atoms with E-state index in [1.807, 2.05) is 31.2 Å². The molecule has 0 aliphatic carbocycles. The number of methoxy groups -OCH3 is 2. The smallest absolute Gasteiger partial charge is 0.339 e. The first-order chi connectivity index (χ1) is 9.63. The third kappa shape index (κ3) is 3.15. The lowest BCUT2D eigenvalue weighted by molar-refractivity contribution is 0.0599. The molecule has 2 aromatic rings. The molecule has 4 heteroatoms. The molecule has 104 valence electrons. The summed E-state index contributed by atoms with van der Waals surface area (Å²) in [7, 11) is 3.00. The molecule has 0 saturated carbocycles. The quantitative estimate of drug-likeness (QED) is 0.802. The van der Waals surface area contributed by atoms with Gasteiger partial charge in [0.25, 0.3) is 0 Å². The molecule has 0 atom stereocenters. The third-order valence-corrected chi connectivity index (χ3v) is 3.02. The number of carbonyl (C=O) groups is 1. The minimum Gasteiger partial charge on any atom is -0.497 e. The highest BCUT2D eigenvalue weighted by Crippen LogP contribution is 2.18. The van der Waals surface area contributed by atoms with Gasteiger partial charge < -0.3 is 9.47 Å². The maximum Gasteiger partial charge on any atom is 0.339 e. The number of pyridine rings is 1. The number of ether oxygens (including phenoxy) is 2. The number of benzene rings is 1. The minimum absolute atomic E-state index is 0.362. The van der Waals surface area contributed by atoms with Gasteiger partial charge in [-0.25, -0.2) is 4.79 Å². The Bertz CT molecular complexity index is 623. The molecule has 4 nitrogen and oxygen atoms in total. The van der Waals surface area contributed by atoms with Gasteiger partial charge in [-0.3, -0.25) is 4.98 Å². The van der Waals surface area contributed by atoms with Crippen LogP contribution in [0.5, 0.6) is 5.75 Å². The Labute approximate surface area is 118 Å².